The number of nitro benzene ring substituents is 1. The minimum absolute atomic E-state index is 0.0676. The molecule has 0 saturated carbocycles. The Labute approximate surface area is 94.5 Å². The number of hydrogen-bond acceptors (Lipinski definition) is 4. The number of aliphatic hydroxyl groups is 1. The minimum atomic E-state index is -0.469. The van der Waals surface area contributed by atoms with Crippen LogP contribution in [0.4, 0.5) is 11.4 Å². The van der Waals surface area contributed by atoms with Crippen LogP contribution in [0.3, 0.4) is 0 Å². The zero-order valence-corrected chi connectivity index (χ0v) is 9.67. The van der Waals surface area contributed by atoms with Gasteiger partial charge in [0.25, 0.3) is 5.69 Å². The number of rotatable bonds is 4. The molecule has 0 radical (unpaired) electrons. The first-order chi connectivity index (χ1) is 7.41. The molecule has 16 heavy (non-hydrogen) atoms. The van der Waals surface area contributed by atoms with Crippen LogP contribution in [0, 0.1) is 17.0 Å². The van der Waals surface area contributed by atoms with Crippen molar-refractivity contribution in [2.75, 3.05) is 18.5 Å². The van der Waals surface area contributed by atoms with E-state index in [0.717, 1.165) is 11.3 Å². The Kier molecular flexibility index (Phi) is 3.84. The SMILES string of the molecule is Cc1ccc([N+](=O)[O-])cc1N(C)CC(C)O. The van der Waals surface area contributed by atoms with Crippen LogP contribution in [0.15, 0.2) is 18.2 Å². The highest BCUT2D eigenvalue weighted by molar-refractivity contribution is 5.58. The molecule has 0 fully saturated rings. The molecular weight excluding hydrogens is 208 g/mol. The molecule has 1 N–H and O–H groups in total. The fraction of sp³-hybridized carbons (Fsp3) is 0.455. The molecule has 0 saturated heterocycles. The lowest BCUT2D eigenvalue weighted by molar-refractivity contribution is -0.384. The number of non-ortho nitro benzene ring substituents is 1. The number of nitro groups is 1. The maximum absolute atomic E-state index is 10.6. The van der Waals surface area contributed by atoms with Crippen LogP contribution in [-0.4, -0.2) is 29.7 Å². The van der Waals surface area contributed by atoms with E-state index in [2.05, 4.69) is 0 Å². The van der Waals surface area contributed by atoms with Crippen molar-refractivity contribution in [2.24, 2.45) is 0 Å². The molecule has 0 aromatic heterocycles. The zero-order chi connectivity index (χ0) is 12.3. The first-order valence-corrected chi connectivity index (χ1v) is 5.06. The Morgan fingerprint density at radius 1 is 1.56 bits per heavy atom. The van der Waals surface area contributed by atoms with Crippen molar-refractivity contribution >= 4 is 11.4 Å². The van der Waals surface area contributed by atoms with Crippen LogP contribution in [0.5, 0.6) is 0 Å². The van der Waals surface area contributed by atoms with Crippen LogP contribution < -0.4 is 4.90 Å². The van der Waals surface area contributed by atoms with Gasteiger partial charge in [-0.2, -0.15) is 0 Å². The molecule has 1 aromatic carbocycles. The minimum Gasteiger partial charge on any atom is -0.392 e. The predicted octanol–water partition coefficient (Wildman–Crippen LogP) is 1.72. The molecular formula is C11H16N2O3. The molecule has 0 heterocycles. The lowest BCUT2D eigenvalue weighted by atomic mass is 10.1. The fourth-order valence-corrected chi connectivity index (χ4v) is 1.62. The Hall–Kier alpha value is -1.62. The summed E-state index contributed by atoms with van der Waals surface area (Å²) in [6, 6.07) is 4.72. The molecule has 0 spiro atoms. The quantitative estimate of drug-likeness (QED) is 0.624. The number of likely N-dealkylation sites (N-methyl/N-ethyl adjacent to an activating group) is 1. The van der Waals surface area contributed by atoms with Crippen molar-refractivity contribution in [3.05, 3.63) is 33.9 Å². The van der Waals surface area contributed by atoms with Gasteiger partial charge in [0.05, 0.1) is 11.0 Å². The summed E-state index contributed by atoms with van der Waals surface area (Å²) in [4.78, 5) is 12.0. The van der Waals surface area contributed by atoms with Gasteiger partial charge in [0.2, 0.25) is 0 Å². The van der Waals surface area contributed by atoms with E-state index in [9.17, 15) is 15.2 Å². The number of nitrogens with zero attached hydrogens (tertiary/aromatic N) is 2. The van der Waals surface area contributed by atoms with E-state index in [0.29, 0.717) is 6.54 Å². The Morgan fingerprint density at radius 2 is 2.19 bits per heavy atom. The van der Waals surface area contributed by atoms with E-state index in [-0.39, 0.29) is 5.69 Å². The van der Waals surface area contributed by atoms with Gasteiger partial charge >= 0.3 is 0 Å². The largest absolute Gasteiger partial charge is 0.392 e. The monoisotopic (exact) mass is 224 g/mol. The van der Waals surface area contributed by atoms with Gasteiger partial charge in [0.1, 0.15) is 0 Å². The predicted molar refractivity (Wildman–Crippen MR) is 62.8 cm³/mol. The lowest BCUT2D eigenvalue weighted by Crippen LogP contribution is -2.27. The summed E-state index contributed by atoms with van der Waals surface area (Å²) in [6.07, 6.45) is -0.469. The number of anilines is 1. The number of aryl methyl sites for hydroxylation is 1. The number of aliphatic hydroxyl groups excluding tert-OH is 1. The van der Waals surface area contributed by atoms with Crippen molar-refractivity contribution in [2.45, 2.75) is 20.0 Å². The van der Waals surface area contributed by atoms with Gasteiger partial charge in [0, 0.05) is 31.4 Å². The number of hydrogen-bond donors (Lipinski definition) is 1. The summed E-state index contributed by atoms with van der Waals surface area (Å²) >= 11 is 0. The molecule has 0 aliphatic rings. The molecule has 1 rings (SSSR count). The summed E-state index contributed by atoms with van der Waals surface area (Å²) in [7, 11) is 1.80. The van der Waals surface area contributed by atoms with Gasteiger partial charge in [0.15, 0.2) is 0 Å². The zero-order valence-electron chi connectivity index (χ0n) is 9.67. The summed E-state index contributed by atoms with van der Waals surface area (Å²) in [5.74, 6) is 0. The van der Waals surface area contributed by atoms with Crippen molar-refractivity contribution in [3.63, 3.8) is 0 Å². The maximum atomic E-state index is 10.6. The first kappa shape index (κ1) is 12.4. The van der Waals surface area contributed by atoms with E-state index in [1.54, 1.807) is 20.0 Å². The smallest absolute Gasteiger partial charge is 0.271 e. The van der Waals surface area contributed by atoms with Crippen LogP contribution in [0.25, 0.3) is 0 Å². The summed E-state index contributed by atoms with van der Waals surface area (Å²) in [5.41, 5.74) is 1.79. The van der Waals surface area contributed by atoms with Gasteiger partial charge < -0.3 is 10.0 Å². The Morgan fingerprint density at radius 3 is 2.69 bits per heavy atom. The fourth-order valence-electron chi connectivity index (χ4n) is 1.62. The lowest BCUT2D eigenvalue weighted by Gasteiger charge is -2.22. The van der Waals surface area contributed by atoms with Crippen molar-refractivity contribution < 1.29 is 10.0 Å². The summed E-state index contributed by atoms with van der Waals surface area (Å²) < 4.78 is 0. The molecule has 5 nitrogen and oxygen atoms in total. The third-order valence-electron chi connectivity index (χ3n) is 2.35. The molecule has 0 amide bonds. The molecule has 5 heteroatoms. The van der Waals surface area contributed by atoms with Crippen LogP contribution in [0.1, 0.15) is 12.5 Å². The second-order valence-corrected chi connectivity index (χ2v) is 3.96. The highest BCUT2D eigenvalue weighted by atomic mass is 16.6. The first-order valence-electron chi connectivity index (χ1n) is 5.06. The highest BCUT2D eigenvalue weighted by Gasteiger charge is 2.12. The normalized spacial score (nSPS) is 12.2. The Balaban J connectivity index is 3.02. The van der Waals surface area contributed by atoms with Crippen molar-refractivity contribution in [3.8, 4) is 0 Å². The average Bonchev–Trinajstić information content (AvgIpc) is 2.16. The number of benzene rings is 1. The molecule has 0 bridgehead atoms. The van der Waals surface area contributed by atoms with Crippen molar-refractivity contribution in [1.82, 2.24) is 0 Å². The molecule has 1 atom stereocenters. The van der Waals surface area contributed by atoms with Gasteiger partial charge in [-0.05, 0) is 19.4 Å². The summed E-state index contributed by atoms with van der Waals surface area (Å²) in [6.45, 7) is 4.02. The van der Waals surface area contributed by atoms with Gasteiger partial charge in [-0.15, -0.1) is 0 Å². The standard InChI is InChI=1S/C11H16N2O3/c1-8-4-5-10(13(15)16)6-11(8)12(3)7-9(2)14/h4-6,9,14H,7H2,1-3H3. The van der Waals surface area contributed by atoms with Crippen LogP contribution in [0.2, 0.25) is 0 Å². The second kappa shape index (κ2) is 4.94. The molecule has 0 aliphatic carbocycles. The van der Waals surface area contributed by atoms with E-state index in [1.165, 1.54) is 12.1 Å². The third-order valence-corrected chi connectivity index (χ3v) is 2.35. The molecule has 1 aromatic rings. The van der Waals surface area contributed by atoms with Gasteiger partial charge in [-0.1, -0.05) is 6.07 Å². The van der Waals surface area contributed by atoms with Crippen molar-refractivity contribution in [1.29, 1.82) is 0 Å². The van der Waals surface area contributed by atoms with Gasteiger partial charge in [-0.3, -0.25) is 10.1 Å². The van der Waals surface area contributed by atoms with E-state index in [1.807, 2.05) is 11.8 Å². The maximum Gasteiger partial charge on any atom is 0.271 e. The average molecular weight is 224 g/mol. The van der Waals surface area contributed by atoms with E-state index in [4.69, 9.17) is 0 Å². The highest BCUT2D eigenvalue weighted by Crippen LogP contribution is 2.24. The van der Waals surface area contributed by atoms with Gasteiger partial charge in [-0.25, -0.2) is 0 Å². The van der Waals surface area contributed by atoms with E-state index >= 15 is 0 Å². The van der Waals surface area contributed by atoms with E-state index < -0.39 is 11.0 Å². The molecule has 1 unspecified atom stereocenters. The van der Waals surface area contributed by atoms with Crippen LogP contribution >= 0.6 is 0 Å². The summed E-state index contributed by atoms with van der Waals surface area (Å²) in [5, 5.41) is 19.9. The second-order valence-electron chi connectivity index (χ2n) is 3.96. The topological polar surface area (TPSA) is 66.6 Å². The molecule has 88 valence electrons. The van der Waals surface area contributed by atoms with Crippen LogP contribution in [-0.2, 0) is 0 Å². The molecule has 0 aliphatic heterocycles. The Bertz CT molecular complexity index is 391. The third kappa shape index (κ3) is 2.93.